The van der Waals surface area contributed by atoms with Gasteiger partial charge < -0.3 is 20.7 Å². The van der Waals surface area contributed by atoms with Gasteiger partial charge in [0.25, 0.3) is 0 Å². The number of likely N-dealkylation sites (N-methyl/N-ethyl adjacent to an activating group) is 1. The molecule has 0 spiro atoms. The number of halogens is 3. The summed E-state index contributed by atoms with van der Waals surface area (Å²) in [5.41, 5.74) is 1.26. The number of thiazole rings is 1. The molecule has 0 unspecified atom stereocenters. The van der Waals surface area contributed by atoms with Gasteiger partial charge in [0.1, 0.15) is 11.8 Å². The van der Waals surface area contributed by atoms with Crippen LogP contribution < -0.4 is 20.7 Å². The molecule has 11 heteroatoms. The van der Waals surface area contributed by atoms with E-state index in [0.717, 1.165) is 23.0 Å². The van der Waals surface area contributed by atoms with E-state index < -0.39 is 18.3 Å². The van der Waals surface area contributed by atoms with Crippen LogP contribution >= 0.6 is 11.3 Å². The number of nitrogens with zero attached hydrogens (tertiary/aromatic N) is 1. The van der Waals surface area contributed by atoms with Crippen LogP contribution in [-0.2, 0) is 16.0 Å². The van der Waals surface area contributed by atoms with Gasteiger partial charge in [-0.25, -0.2) is 4.98 Å². The molecule has 0 saturated heterocycles. The minimum atomic E-state index is -4.80. The Balaban J connectivity index is 1.76. The molecular weight excluding hydrogens is 433 g/mol. The lowest BCUT2D eigenvalue weighted by molar-refractivity contribution is -0.274. The highest BCUT2D eigenvalue weighted by Crippen LogP contribution is 2.31. The summed E-state index contributed by atoms with van der Waals surface area (Å²) >= 11 is 1.00. The minimum absolute atomic E-state index is 0.0433. The van der Waals surface area contributed by atoms with Crippen molar-refractivity contribution in [2.75, 3.05) is 18.9 Å². The normalized spacial score (nSPS) is 12.4. The zero-order valence-corrected chi connectivity index (χ0v) is 17.1. The van der Waals surface area contributed by atoms with Gasteiger partial charge in [-0.1, -0.05) is 41.7 Å². The Morgan fingerprint density at radius 1 is 1.16 bits per heavy atom. The molecule has 1 heterocycles. The maximum Gasteiger partial charge on any atom is 0.573 e. The molecule has 0 fully saturated rings. The van der Waals surface area contributed by atoms with E-state index in [2.05, 4.69) is 25.7 Å². The molecule has 3 N–H and O–H groups in total. The number of carbonyl (C=O) groups is 2. The Bertz CT molecular complexity index is 1060. The van der Waals surface area contributed by atoms with Crippen molar-refractivity contribution in [2.45, 2.75) is 18.8 Å². The second-order valence-corrected chi connectivity index (χ2v) is 7.56. The van der Waals surface area contributed by atoms with Gasteiger partial charge in [-0.3, -0.25) is 9.59 Å². The lowest BCUT2D eigenvalue weighted by Crippen LogP contribution is -2.47. The molecule has 0 aliphatic rings. The third kappa shape index (κ3) is 6.66. The zero-order chi connectivity index (χ0) is 22.4. The van der Waals surface area contributed by atoms with Crippen LogP contribution in [0.4, 0.5) is 18.3 Å². The average molecular weight is 452 g/mol. The maximum absolute atomic E-state index is 12.8. The number of carbonyl (C=O) groups excluding carboxylic acids is 2. The summed E-state index contributed by atoms with van der Waals surface area (Å²) in [5.74, 6) is -1.21. The molecule has 7 nitrogen and oxygen atoms in total. The summed E-state index contributed by atoms with van der Waals surface area (Å²) in [5, 5.41) is 8.23. The molecule has 2 aromatic carbocycles. The van der Waals surface area contributed by atoms with Crippen molar-refractivity contribution < 1.29 is 27.5 Å². The molecule has 1 aromatic heterocycles. The molecule has 164 valence electrons. The first-order chi connectivity index (χ1) is 14.7. The van der Waals surface area contributed by atoms with Crippen LogP contribution in [0, 0.1) is 0 Å². The SMILES string of the molecule is CNCC(=O)N[C@@H](Cc1ccccc1)C(=O)Nc1nc2ccc(OC(F)(F)F)cc2s1. The molecule has 0 aliphatic carbocycles. The molecule has 31 heavy (non-hydrogen) atoms. The number of aromatic nitrogens is 1. The van der Waals surface area contributed by atoms with Crippen LogP contribution in [-0.4, -0.2) is 42.8 Å². The third-order valence-electron chi connectivity index (χ3n) is 4.10. The molecular formula is C20H19F3N4O3S. The molecule has 0 bridgehead atoms. The summed E-state index contributed by atoms with van der Waals surface area (Å²) in [6.45, 7) is 0.0433. The van der Waals surface area contributed by atoms with Gasteiger partial charge in [-0.2, -0.15) is 0 Å². The number of hydrogen-bond donors (Lipinski definition) is 3. The lowest BCUT2D eigenvalue weighted by Gasteiger charge is -2.18. The van der Waals surface area contributed by atoms with Gasteiger partial charge in [-0.15, -0.1) is 13.2 Å². The van der Waals surface area contributed by atoms with Gasteiger partial charge in [0, 0.05) is 12.5 Å². The predicted molar refractivity (Wildman–Crippen MR) is 111 cm³/mol. The summed E-state index contributed by atoms with van der Waals surface area (Å²) < 4.78 is 41.6. The number of benzene rings is 2. The van der Waals surface area contributed by atoms with E-state index in [0.29, 0.717) is 10.2 Å². The second-order valence-electron chi connectivity index (χ2n) is 6.53. The molecule has 0 saturated carbocycles. The Labute approximate surface area is 179 Å². The van der Waals surface area contributed by atoms with E-state index in [1.54, 1.807) is 7.05 Å². The van der Waals surface area contributed by atoms with Gasteiger partial charge in [0.05, 0.1) is 16.8 Å². The zero-order valence-electron chi connectivity index (χ0n) is 16.3. The fraction of sp³-hybridized carbons (Fsp3) is 0.250. The van der Waals surface area contributed by atoms with Crippen LogP contribution in [0.5, 0.6) is 5.75 Å². The van der Waals surface area contributed by atoms with Crippen LogP contribution in [0.15, 0.2) is 48.5 Å². The van der Waals surface area contributed by atoms with E-state index in [4.69, 9.17) is 0 Å². The molecule has 3 rings (SSSR count). The molecule has 0 radical (unpaired) electrons. The van der Waals surface area contributed by atoms with Crippen molar-refractivity contribution in [2.24, 2.45) is 0 Å². The summed E-state index contributed by atoms with van der Waals surface area (Å²) in [4.78, 5) is 29.1. The number of ether oxygens (including phenoxy) is 1. The highest BCUT2D eigenvalue weighted by Gasteiger charge is 2.31. The third-order valence-corrected chi connectivity index (χ3v) is 5.03. The summed E-state index contributed by atoms with van der Waals surface area (Å²) in [6, 6.07) is 12.0. The monoisotopic (exact) mass is 452 g/mol. The number of nitrogens with one attached hydrogen (secondary N) is 3. The average Bonchev–Trinajstić information content (AvgIpc) is 3.08. The van der Waals surface area contributed by atoms with Crippen molar-refractivity contribution in [1.29, 1.82) is 0 Å². The molecule has 1 atom stereocenters. The number of hydrogen-bond acceptors (Lipinski definition) is 6. The first-order valence-electron chi connectivity index (χ1n) is 9.18. The van der Waals surface area contributed by atoms with Crippen molar-refractivity contribution in [3.8, 4) is 5.75 Å². The maximum atomic E-state index is 12.8. The van der Waals surface area contributed by atoms with Gasteiger partial charge >= 0.3 is 6.36 Å². The van der Waals surface area contributed by atoms with Crippen molar-refractivity contribution in [3.05, 3.63) is 54.1 Å². The number of amides is 2. The number of anilines is 1. The Morgan fingerprint density at radius 3 is 2.58 bits per heavy atom. The Hall–Kier alpha value is -3.18. The smallest absolute Gasteiger partial charge is 0.406 e. The van der Waals surface area contributed by atoms with Gasteiger partial charge in [0.2, 0.25) is 11.8 Å². The van der Waals surface area contributed by atoms with Gasteiger partial charge in [0.15, 0.2) is 5.13 Å². The summed E-state index contributed by atoms with van der Waals surface area (Å²) in [7, 11) is 1.61. The largest absolute Gasteiger partial charge is 0.573 e. The fourth-order valence-corrected chi connectivity index (χ4v) is 3.71. The number of rotatable bonds is 8. The lowest BCUT2D eigenvalue weighted by atomic mass is 10.1. The van der Waals surface area contributed by atoms with Crippen LogP contribution in [0.25, 0.3) is 10.2 Å². The number of alkyl halides is 3. The summed E-state index contributed by atoms with van der Waals surface area (Å²) in [6.07, 6.45) is -4.54. The fourth-order valence-electron chi connectivity index (χ4n) is 2.81. The van der Waals surface area contributed by atoms with Crippen molar-refractivity contribution in [3.63, 3.8) is 0 Å². The second kappa shape index (κ2) is 9.75. The molecule has 3 aromatic rings. The number of fused-ring (bicyclic) bond motifs is 1. The van der Waals surface area contributed by atoms with Crippen molar-refractivity contribution in [1.82, 2.24) is 15.6 Å². The Kier molecular flexibility index (Phi) is 7.08. The highest BCUT2D eigenvalue weighted by atomic mass is 32.1. The van der Waals surface area contributed by atoms with Crippen LogP contribution in [0.1, 0.15) is 5.56 Å². The highest BCUT2D eigenvalue weighted by molar-refractivity contribution is 7.22. The first kappa shape index (κ1) is 22.5. The quantitative estimate of drug-likeness (QED) is 0.489. The Morgan fingerprint density at radius 2 is 1.90 bits per heavy atom. The van der Waals surface area contributed by atoms with Crippen LogP contribution in [0.2, 0.25) is 0 Å². The van der Waals surface area contributed by atoms with E-state index >= 15 is 0 Å². The minimum Gasteiger partial charge on any atom is -0.406 e. The topological polar surface area (TPSA) is 92.4 Å². The van der Waals surface area contributed by atoms with Crippen LogP contribution in [0.3, 0.4) is 0 Å². The molecule has 0 aliphatic heterocycles. The predicted octanol–water partition coefficient (Wildman–Crippen LogP) is 3.08. The van der Waals surface area contributed by atoms with Gasteiger partial charge in [-0.05, 0) is 24.7 Å². The first-order valence-corrected chi connectivity index (χ1v) is 10.0. The van der Waals surface area contributed by atoms with E-state index in [-0.39, 0.29) is 29.8 Å². The van der Waals surface area contributed by atoms with E-state index in [1.807, 2.05) is 30.3 Å². The molecule has 2 amide bonds. The van der Waals surface area contributed by atoms with E-state index in [1.165, 1.54) is 12.1 Å². The van der Waals surface area contributed by atoms with Crippen molar-refractivity contribution >= 4 is 38.5 Å². The van der Waals surface area contributed by atoms with E-state index in [9.17, 15) is 22.8 Å². The standard InChI is InChI=1S/C20H19F3N4O3S/c1-24-11-17(28)25-15(9-12-5-3-2-4-6-12)18(29)27-19-26-14-8-7-13(10-16(14)31-19)30-20(21,22)23/h2-8,10,15,24H,9,11H2,1H3,(H,25,28)(H,26,27,29)/t15-/m0/s1.